The molecule has 3 aromatic rings. The number of halogens is 3. The highest BCUT2D eigenvalue weighted by Crippen LogP contribution is 2.38. The van der Waals surface area contributed by atoms with Gasteiger partial charge >= 0.3 is 6.36 Å². The number of sulfonamides is 1. The molecule has 2 aliphatic rings. The molecule has 2 aliphatic heterocycles. The van der Waals surface area contributed by atoms with Crippen molar-refractivity contribution < 1.29 is 36.2 Å². The van der Waals surface area contributed by atoms with Crippen molar-refractivity contribution in [3.63, 3.8) is 0 Å². The normalized spacial score (nSPS) is 21.9. The number of likely N-dealkylation sites (N-methyl/N-ethyl adjacent to an activating group) is 1. The summed E-state index contributed by atoms with van der Waals surface area (Å²) >= 11 is 0. The lowest BCUT2D eigenvalue weighted by Gasteiger charge is -2.44. The maximum atomic E-state index is 13.4. The summed E-state index contributed by atoms with van der Waals surface area (Å²) < 4.78 is 74.8. The predicted molar refractivity (Wildman–Crippen MR) is 130 cm³/mol. The predicted octanol–water partition coefficient (Wildman–Crippen LogP) is 3.06. The third-order valence-electron chi connectivity index (χ3n) is 6.81. The van der Waals surface area contributed by atoms with Gasteiger partial charge in [0.2, 0.25) is 10.0 Å². The van der Waals surface area contributed by atoms with Gasteiger partial charge in [0, 0.05) is 24.5 Å². The molecule has 0 aliphatic carbocycles. The smallest absolute Gasteiger partial charge is 0.406 e. The fraction of sp³-hybridized carbons (Fsp3) is 0.360. The van der Waals surface area contributed by atoms with Gasteiger partial charge in [0.25, 0.3) is 0 Å². The second-order valence-corrected chi connectivity index (χ2v) is 11.1. The molecule has 5 rings (SSSR count). The average molecular weight is 551 g/mol. The third kappa shape index (κ3) is 5.06. The Morgan fingerprint density at radius 2 is 1.79 bits per heavy atom. The highest BCUT2D eigenvalue weighted by Gasteiger charge is 2.44. The van der Waals surface area contributed by atoms with Crippen molar-refractivity contribution in [2.75, 3.05) is 25.2 Å². The number of aryl methyl sites for hydroxylation is 2. The Morgan fingerprint density at radius 1 is 1.08 bits per heavy atom. The zero-order valence-electron chi connectivity index (χ0n) is 20.2. The van der Waals surface area contributed by atoms with E-state index >= 15 is 0 Å². The van der Waals surface area contributed by atoms with Crippen molar-refractivity contribution in [2.45, 2.75) is 42.3 Å². The molecule has 1 aromatic heterocycles. The fourth-order valence-electron chi connectivity index (χ4n) is 4.89. The molecule has 3 heterocycles. The first-order valence-electron chi connectivity index (χ1n) is 11.8. The van der Waals surface area contributed by atoms with Gasteiger partial charge in [-0.3, -0.25) is 0 Å². The van der Waals surface area contributed by atoms with Gasteiger partial charge in [0.05, 0.1) is 36.3 Å². The SMILES string of the molecule is CN([C@H]1COCC(N2c3ccccc3CCc3cncnc32)[C@H]1O)S(=O)(=O)c1ccc(OC(F)(F)F)cc1. The number of aliphatic hydroxyl groups is 1. The van der Waals surface area contributed by atoms with Crippen molar-refractivity contribution in [2.24, 2.45) is 0 Å². The van der Waals surface area contributed by atoms with Gasteiger partial charge in [-0.05, 0) is 48.7 Å². The molecule has 1 fully saturated rings. The van der Waals surface area contributed by atoms with Gasteiger partial charge in [-0.25, -0.2) is 18.4 Å². The second kappa shape index (κ2) is 10.1. The quantitative estimate of drug-likeness (QED) is 0.517. The topological polar surface area (TPSA) is 105 Å². The van der Waals surface area contributed by atoms with Crippen LogP contribution in [0.5, 0.6) is 5.75 Å². The van der Waals surface area contributed by atoms with Crippen LogP contribution in [0.15, 0.2) is 66.0 Å². The fourth-order valence-corrected chi connectivity index (χ4v) is 6.24. The number of hydrogen-bond donors (Lipinski definition) is 1. The van der Waals surface area contributed by atoms with Crippen molar-refractivity contribution >= 4 is 21.5 Å². The van der Waals surface area contributed by atoms with Crippen LogP contribution in [0.2, 0.25) is 0 Å². The van der Waals surface area contributed by atoms with Crippen LogP contribution in [0.4, 0.5) is 24.7 Å². The average Bonchev–Trinajstić information content (AvgIpc) is 3.05. The number of rotatable bonds is 5. The van der Waals surface area contributed by atoms with Gasteiger partial charge in [0.1, 0.15) is 17.9 Å². The molecule has 0 radical (unpaired) electrons. The van der Waals surface area contributed by atoms with E-state index in [2.05, 4.69) is 14.7 Å². The van der Waals surface area contributed by atoms with E-state index in [1.165, 1.54) is 13.4 Å². The van der Waals surface area contributed by atoms with Crippen molar-refractivity contribution in [1.29, 1.82) is 0 Å². The lowest BCUT2D eigenvalue weighted by Crippen LogP contribution is -2.60. The number of para-hydroxylation sites is 1. The van der Waals surface area contributed by atoms with Crippen LogP contribution in [0, 0.1) is 0 Å². The lowest BCUT2D eigenvalue weighted by atomic mass is 9.98. The van der Waals surface area contributed by atoms with E-state index in [1.807, 2.05) is 29.2 Å². The summed E-state index contributed by atoms with van der Waals surface area (Å²) in [6.45, 7) is 0.0432. The summed E-state index contributed by atoms with van der Waals surface area (Å²) in [5, 5.41) is 11.6. The Bertz CT molecular complexity index is 1360. The van der Waals surface area contributed by atoms with Gasteiger partial charge < -0.3 is 19.5 Å². The zero-order chi connectivity index (χ0) is 27.1. The summed E-state index contributed by atoms with van der Waals surface area (Å²) in [6.07, 6.45) is -1.49. The highest BCUT2D eigenvalue weighted by atomic mass is 32.2. The molecule has 2 aromatic carbocycles. The van der Waals surface area contributed by atoms with E-state index in [0.717, 1.165) is 51.8 Å². The first kappa shape index (κ1) is 26.4. The number of aromatic nitrogens is 2. The molecule has 13 heteroatoms. The number of ether oxygens (including phenoxy) is 2. The summed E-state index contributed by atoms with van der Waals surface area (Å²) in [6, 6.07) is 9.98. The van der Waals surface area contributed by atoms with Crippen LogP contribution in [0.3, 0.4) is 0 Å². The Kier molecular flexibility index (Phi) is 7.03. The summed E-state index contributed by atoms with van der Waals surface area (Å²) in [5.74, 6) is 0.0738. The van der Waals surface area contributed by atoms with E-state index in [4.69, 9.17) is 4.74 Å². The van der Waals surface area contributed by atoms with Crippen LogP contribution in [0.1, 0.15) is 11.1 Å². The maximum absolute atomic E-state index is 13.4. The standard InChI is InChI=1S/C25H25F3N4O5S/c1-31(38(34,35)19-10-8-18(9-11-19)37-25(26,27)28)21-13-36-14-22(23(21)33)32-20-5-3-2-4-16(20)6-7-17-12-29-15-30-24(17)32/h2-5,8-12,15,21-23,33H,6-7,13-14H2,1H3/t21-,22?,23-/m0/s1. The van der Waals surface area contributed by atoms with Gasteiger partial charge in [-0.1, -0.05) is 18.2 Å². The molecule has 0 saturated carbocycles. The summed E-state index contributed by atoms with van der Waals surface area (Å²) in [5.41, 5.74) is 2.77. The minimum absolute atomic E-state index is 0.0746. The van der Waals surface area contributed by atoms with Crippen molar-refractivity contribution in [1.82, 2.24) is 14.3 Å². The van der Waals surface area contributed by atoms with Crippen molar-refractivity contribution in [3.05, 3.63) is 72.2 Å². The number of benzene rings is 2. The molecule has 0 spiro atoms. The monoisotopic (exact) mass is 550 g/mol. The minimum Gasteiger partial charge on any atom is -0.406 e. The van der Waals surface area contributed by atoms with E-state index in [9.17, 15) is 26.7 Å². The zero-order valence-corrected chi connectivity index (χ0v) is 21.1. The molecule has 38 heavy (non-hydrogen) atoms. The van der Waals surface area contributed by atoms with Crippen LogP contribution in [0.25, 0.3) is 0 Å². The minimum atomic E-state index is -4.90. The number of nitrogens with zero attached hydrogens (tertiary/aromatic N) is 4. The number of anilines is 2. The molecule has 9 nitrogen and oxygen atoms in total. The van der Waals surface area contributed by atoms with E-state index < -0.39 is 40.3 Å². The van der Waals surface area contributed by atoms with E-state index in [-0.39, 0.29) is 18.1 Å². The molecule has 0 bridgehead atoms. The summed E-state index contributed by atoms with van der Waals surface area (Å²) in [7, 11) is -2.89. The molecule has 1 saturated heterocycles. The molecule has 1 unspecified atom stereocenters. The number of fused-ring (bicyclic) bond motifs is 2. The molecular formula is C25H25F3N4O5S. The van der Waals surface area contributed by atoms with E-state index in [1.54, 1.807) is 6.20 Å². The summed E-state index contributed by atoms with van der Waals surface area (Å²) in [4.78, 5) is 10.3. The number of alkyl halides is 3. The molecule has 3 atom stereocenters. The van der Waals surface area contributed by atoms with Gasteiger partial charge in [-0.15, -0.1) is 13.2 Å². The number of aliphatic hydroxyl groups excluding tert-OH is 1. The Balaban J connectivity index is 1.45. The first-order valence-corrected chi connectivity index (χ1v) is 13.3. The van der Waals surface area contributed by atoms with Gasteiger partial charge in [0.15, 0.2) is 0 Å². The van der Waals surface area contributed by atoms with Crippen LogP contribution >= 0.6 is 0 Å². The maximum Gasteiger partial charge on any atom is 0.573 e. The molecular weight excluding hydrogens is 525 g/mol. The van der Waals surface area contributed by atoms with Crippen LogP contribution in [-0.2, 0) is 27.6 Å². The van der Waals surface area contributed by atoms with Crippen molar-refractivity contribution in [3.8, 4) is 5.75 Å². The largest absolute Gasteiger partial charge is 0.573 e. The Morgan fingerprint density at radius 3 is 2.53 bits per heavy atom. The molecule has 0 amide bonds. The Labute approximate surface area is 217 Å². The molecule has 202 valence electrons. The molecule has 1 N–H and O–H groups in total. The van der Waals surface area contributed by atoms with Crippen LogP contribution in [-0.4, -0.2) is 72.6 Å². The first-order chi connectivity index (χ1) is 18.1. The third-order valence-corrected chi connectivity index (χ3v) is 8.70. The van der Waals surface area contributed by atoms with Crippen LogP contribution < -0.4 is 9.64 Å². The van der Waals surface area contributed by atoms with E-state index in [0.29, 0.717) is 12.2 Å². The lowest BCUT2D eigenvalue weighted by molar-refractivity contribution is -0.274. The number of hydrogen-bond acceptors (Lipinski definition) is 8. The highest BCUT2D eigenvalue weighted by molar-refractivity contribution is 7.89. The van der Waals surface area contributed by atoms with Gasteiger partial charge in [-0.2, -0.15) is 4.31 Å². The second-order valence-electron chi connectivity index (χ2n) is 9.07. The Hall–Kier alpha value is -3.26.